The fourth-order valence-electron chi connectivity index (χ4n) is 9.28. The van der Waals surface area contributed by atoms with E-state index in [9.17, 15) is 0 Å². The predicted molar refractivity (Wildman–Crippen MR) is 257 cm³/mol. The summed E-state index contributed by atoms with van der Waals surface area (Å²) in [5.41, 5.74) is 15.6. The van der Waals surface area contributed by atoms with Crippen molar-refractivity contribution in [2.24, 2.45) is 0 Å². The van der Waals surface area contributed by atoms with Crippen LogP contribution in [0.5, 0.6) is 0 Å². The van der Waals surface area contributed by atoms with E-state index in [0.717, 1.165) is 55.8 Å². The van der Waals surface area contributed by atoms with Crippen molar-refractivity contribution in [3.63, 3.8) is 0 Å². The molecule has 0 saturated carbocycles. The smallest absolute Gasteiger partial charge is 0.143 e. The summed E-state index contributed by atoms with van der Waals surface area (Å²) < 4.78 is 8.82. The normalized spacial score (nSPS) is 11.6. The molecule has 0 fully saturated rings. The maximum atomic E-state index is 6.42. The van der Waals surface area contributed by atoms with Crippen molar-refractivity contribution in [3.05, 3.63) is 231 Å². The fraction of sp³-hybridized carbons (Fsp3) is 0. The molecular weight excluding hydrogens is 741 g/mol. The molecule has 3 nitrogen and oxygen atoms in total. The molecule has 2 aromatic heterocycles. The van der Waals surface area contributed by atoms with E-state index in [0.29, 0.717) is 0 Å². The third-order valence-corrected chi connectivity index (χ3v) is 12.2. The zero-order valence-corrected chi connectivity index (χ0v) is 33.2. The SMILES string of the molecule is c1ccc(-c2cccc(-n3c4ccccc4c4cc(-c5ccc(N(c6ccc(-c7cccc8c7oc7ccccc78)cc6)c6cccc7ccccc67)cc5)ccc43)c2)cc1. The van der Waals surface area contributed by atoms with Crippen LogP contribution in [0.4, 0.5) is 17.1 Å². The molecule has 0 aliphatic rings. The molecule has 12 aromatic rings. The van der Waals surface area contributed by atoms with Crippen LogP contribution in [0, 0.1) is 0 Å². The first-order valence-corrected chi connectivity index (χ1v) is 20.8. The zero-order chi connectivity index (χ0) is 40.3. The Morgan fingerprint density at radius 3 is 1.75 bits per heavy atom. The number of fused-ring (bicyclic) bond motifs is 7. The van der Waals surface area contributed by atoms with Gasteiger partial charge in [0.15, 0.2) is 0 Å². The van der Waals surface area contributed by atoms with Crippen molar-refractivity contribution in [3.8, 4) is 39.1 Å². The Kier molecular flexibility index (Phi) is 8.17. The van der Waals surface area contributed by atoms with E-state index in [2.05, 4.69) is 228 Å². The molecule has 0 amide bonds. The standard InChI is InChI=1S/C58H38N2O/c1-2-13-39(14-3-1)43-17-10-18-47(37-43)60-55-24-8-6-20-50(55)53-38-44(31-36-56(53)60)40-27-32-45(33-28-40)59(54-25-11-16-41-15-4-5-19-48(41)54)46-34-29-42(30-35-46)49-22-12-23-52-51-21-7-9-26-57(51)61-58(49)52/h1-38H. The third kappa shape index (κ3) is 5.90. The molecule has 3 heteroatoms. The van der Waals surface area contributed by atoms with E-state index < -0.39 is 0 Å². The van der Waals surface area contributed by atoms with Gasteiger partial charge >= 0.3 is 0 Å². The number of hydrogen-bond donors (Lipinski definition) is 0. The first-order chi connectivity index (χ1) is 30.2. The van der Waals surface area contributed by atoms with Gasteiger partial charge < -0.3 is 13.9 Å². The third-order valence-electron chi connectivity index (χ3n) is 12.2. The lowest BCUT2D eigenvalue weighted by atomic mass is 10.0. The van der Waals surface area contributed by atoms with Gasteiger partial charge in [-0.1, -0.05) is 164 Å². The van der Waals surface area contributed by atoms with Crippen LogP contribution in [-0.4, -0.2) is 4.57 Å². The Labute approximate surface area is 353 Å². The Hall–Kier alpha value is -8.14. The molecule has 0 aliphatic carbocycles. The highest BCUT2D eigenvalue weighted by molar-refractivity contribution is 6.11. The van der Waals surface area contributed by atoms with Gasteiger partial charge in [0.25, 0.3) is 0 Å². The molecule has 0 spiro atoms. The highest BCUT2D eigenvalue weighted by Crippen LogP contribution is 2.42. The van der Waals surface area contributed by atoms with E-state index in [4.69, 9.17) is 4.42 Å². The molecule has 61 heavy (non-hydrogen) atoms. The average Bonchev–Trinajstić information content (AvgIpc) is 3.88. The summed E-state index contributed by atoms with van der Waals surface area (Å²) in [6.45, 7) is 0. The van der Waals surface area contributed by atoms with Gasteiger partial charge in [-0.2, -0.15) is 0 Å². The second-order valence-corrected chi connectivity index (χ2v) is 15.7. The van der Waals surface area contributed by atoms with Gasteiger partial charge in [-0.25, -0.2) is 0 Å². The fourth-order valence-corrected chi connectivity index (χ4v) is 9.28. The van der Waals surface area contributed by atoms with Crippen LogP contribution in [0.1, 0.15) is 0 Å². The molecule has 0 atom stereocenters. The second kappa shape index (κ2) is 14.3. The highest BCUT2D eigenvalue weighted by atomic mass is 16.3. The van der Waals surface area contributed by atoms with Crippen molar-refractivity contribution >= 4 is 71.6 Å². The molecule has 0 unspecified atom stereocenters. The van der Waals surface area contributed by atoms with Crippen LogP contribution >= 0.6 is 0 Å². The minimum atomic E-state index is 0.906. The Bertz CT molecular complexity index is 3570. The summed E-state index contributed by atoms with van der Waals surface area (Å²) in [6.07, 6.45) is 0. The topological polar surface area (TPSA) is 21.3 Å². The van der Waals surface area contributed by atoms with Crippen LogP contribution < -0.4 is 4.90 Å². The van der Waals surface area contributed by atoms with Crippen molar-refractivity contribution in [2.75, 3.05) is 4.90 Å². The number of furan rings is 1. The van der Waals surface area contributed by atoms with Crippen molar-refractivity contribution < 1.29 is 4.42 Å². The number of para-hydroxylation sites is 3. The van der Waals surface area contributed by atoms with Gasteiger partial charge in [-0.3, -0.25) is 0 Å². The van der Waals surface area contributed by atoms with Crippen molar-refractivity contribution in [1.82, 2.24) is 4.57 Å². The molecule has 0 saturated heterocycles. The molecule has 2 heterocycles. The van der Waals surface area contributed by atoms with Gasteiger partial charge in [0.05, 0.1) is 16.7 Å². The summed E-state index contributed by atoms with van der Waals surface area (Å²) in [7, 11) is 0. The van der Waals surface area contributed by atoms with E-state index in [-0.39, 0.29) is 0 Å². The van der Waals surface area contributed by atoms with Gasteiger partial charge in [-0.05, 0) is 99.9 Å². The molecule has 0 aliphatic heterocycles. The van der Waals surface area contributed by atoms with E-state index in [1.54, 1.807) is 0 Å². The van der Waals surface area contributed by atoms with Crippen LogP contribution in [-0.2, 0) is 0 Å². The number of hydrogen-bond acceptors (Lipinski definition) is 2. The maximum absolute atomic E-state index is 6.42. The van der Waals surface area contributed by atoms with Crippen LogP contribution in [0.25, 0.3) is 93.6 Å². The number of rotatable bonds is 7. The van der Waals surface area contributed by atoms with E-state index in [1.165, 1.54) is 54.8 Å². The van der Waals surface area contributed by atoms with Crippen LogP contribution in [0.15, 0.2) is 235 Å². The maximum Gasteiger partial charge on any atom is 0.143 e. The lowest BCUT2D eigenvalue weighted by Gasteiger charge is -2.27. The van der Waals surface area contributed by atoms with Crippen molar-refractivity contribution in [1.29, 1.82) is 0 Å². The van der Waals surface area contributed by atoms with E-state index >= 15 is 0 Å². The average molecular weight is 779 g/mol. The Balaban J connectivity index is 0.938. The van der Waals surface area contributed by atoms with Crippen LogP contribution in [0.3, 0.4) is 0 Å². The summed E-state index contributed by atoms with van der Waals surface area (Å²) >= 11 is 0. The Morgan fingerprint density at radius 1 is 0.344 bits per heavy atom. The van der Waals surface area contributed by atoms with Crippen molar-refractivity contribution in [2.45, 2.75) is 0 Å². The molecule has 0 N–H and O–H groups in total. The summed E-state index contributed by atoms with van der Waals surface area (Å²) in [5.74, 6) is 0. The number of benzene rings is 10. The van der Waals surface area contributed by atoms with Gasteiger partial charge in [0.2, 0.25) is 0 Å². The zero-order valence-electron chi connectivity index (χ0n) is 33.2. The summed E-state index contributed by atoms with van der Waals surface area (Å²) in [4.78, 5) is 2.37. The summed E-state index contributed by atoms with van der Waals surface area (Å²) in [6, 6.07) is 82.9. The largest absolute Gasteiger partial charge is 0.455 e. The van der Waals surface area contributed by atoms with E-state index in [1.807, 2.05) is 12.1 Å². The number of nitrogens with zero attached hydrogens (tertiary/aromatic N) is 2. The lowest BCUT2D eigenvalue weighted by molar-refractivity contribution is 0.670. The minimum Gasteiger partial charge on any atom is -0.455 e. The minimum absolute atomic E-state index is 0.906. The Morgan fingerprint density at radius 2 is 0.918 bits per heavy atom. The molecule has 12 rings (SSSR count). The first-order valence-electron chi connectivity index (χ1n) is 20.8. The highest BCUT2D eigenvalue weighted by Gasteiger charge is 2.18. The molecular formula is C58H38N2O. The van der Waals surface area contributed by atoms with Gasteiger partial charge in [-0.15, -0.1) is 0 Å². The van der Waals surface area contributed by atoms with Crippen LogP contribution in [0.2, 0.25) is 0 Å². The second-order valence-electron chi connectivity index (χ2n) is 15.7. The lowest BCUT2D eigenvalue weighted by Crippen LogP contribution is -2.10. The van der Waals surface area contributed by atoms with Gasteiger partial charge in [0.1, 0.15) is 11.2 Å². The molecule has 286 valence electrons. The van der Waals surface area contributed by atoms with Gasteiger partial charge in [0, 0.05) is 49.6 Å². The molecule has 10 aromatic carbocycles. The predicted octanol–water partition coefficient (Wildman–Crippen LogP) is 16.3. The molecule has 0 radical (unpaired) electrons. The molecule has 0 bridgehead atoms. The number of aromatic nitrogens is 1. The number of anilines is 3. The summed E-state index contributed by atoms with van der Waals surface area (Å²) in [5, 5.41) is 7.14. The monoisotopic (exact) mass is 778 g/mol. The first kappa shape index (κ1) is 34.9. The quantitative estimate of drug-likeness (QED) is 0.161.